The quantitative estimate of drug-likeness (QED) is 0.292. The van der Waals surface area contributed by atoms with Crippen LogP contribution >= 0.6 is 27.5 Å². The molecule has 4 aliphatic rings. The van der Waals surface area contributed by atoms with Crippen LogP contribution < -0.4 is 9.47 Å². The minimum absolute atomic E-state index is 0.139. The number of rotatable bonds is 6. The first-order chi connectivity index (χ1) is 16.0. The number of hydrogen-bond donors (Lipinski definition) is 0. The monoisotopic (exact) mass is 528 g/mol. The number of methoxy groups -OCH3 is 1. The first kappa shape index (κ1) is 22.2. The molecule has 0 aromatic heterocycles. The topological polar surface area (TPSA) is 68.2 Å². The third kappa shape index (κ3) is 3.97. The van der Waals surface area contributed by atoms with E-state index in [0.29, 0.717) is 26.6 Å². The summed E-state index contributed by atoms with van der Waals surface area (Å²) in [6.07, 6.45) is 7.61. The lowest BCUT2D eigenvalue weighted by atomic mass is 9.63. The Bertz CT molecular complexity index is 1150. The van der Waals surface area contributed by atoms with Crippen molar-refractivity contribution in [1.29, 1.82) is 0 Å². The molecular formula is C25H22BrClN2O4. The highest BCUT2D eigenvalue weighted by molar-refractivity contribution is 9.10. The van der Waals surface area contributed by atoms with Gasteiger partial charge in [-0.1, -0.05) is 42.0 Å². The summed E-state index contributed by atoms with van der Waals surface area (Å²) in [5, 5.41) is 5.95. The predicted molar refractivity (Wildman–Crippen MR) is 128 cm³/mol. The Morgan fingerprint density at radius 2 is 1.79 bits per heavy atom. The molecule has 1 saturated heterocycles. The highest BCUT2D eigenvalue weighted by Crippen LogP contribution is 2.49. The van der Waals surface area contributed by atoms with Crippen molar-refractivity contribution in [3.63, 3.8) is 0 Å². The third-order valence-electron chi connectivity index (χ3n) is 6.64. The largest absolute Gasteiger partial charge is 0.493 e. The van der Waals surface area contributed by atoms with Gasteiger partial charge in [-0.3, -0.25) is 9.59 Å². The van der Waals surface area contributed by atoms with Gasteiger partial charge in [-0.2, -0.15) is 10.1 Å². The van der Waals surface area contributed by atoms with E-state index in [-0.39, 0.29) is 42.1 Å². The van der Waals surface area contributed by atoms with Gasteiger partial charge in [0.25, 0.3) is 11.8 Å². The van der Waals surface area contributed by atoms with E-state index in [1.165, 1.54) is 6.21 Å². The number of carbonyl (C=O) groups is 2. The molecule has 6 nitrogen and oxygen atoms in total. The third-order valence-corrected chi connectivity index (χ3v) is 7.60. The Morgan fingerprint density at radius 1 is 1.12 bits per heavy atom. The molecular weight excluding hydrogens is 508 g/mol. The fourth-order valence-corrected chi connectivity index (χ4v) is 5.78. The summed E-state index contributed by atoms with van der Waals surface area (Å²) in [6, 6.07) is 11.0. The molecule has 0 spiro atoms. The minimum Gasteiger partial charge on any atom is -0.493 e. The van der Waals surface area contributed by atoms with Gasteiger partial charge in [0.2, 0.25) is 0 Å². The number of benzene rings is 2. The van der Waals surface area contributed by atoms with Crippen molar-refractivity contribution in [2.75, 3.05) is 7.11 Å². The number of carbonyl (C=O) groups excluding carboxylic acids is 2. The number of ether oxygens (including phenoxy) is 2. The maximum Gasteiger partial charge on any atom is 0.254 e. The molecule has 33 heavy (non-hydrogen) atoms. The zero-order valence-corrected chi connectivity index (χ0v) is 20.3. The number of amides is 2. The number of allylic oxidation sites excluding steroid dienone is 2. The number of halogens is 2. The molecule has 8 heteroatoms. The van der Waals surface area contributed by atoms with Crippen LogP contribution in [0.25, 0.3) is 0 Å². The van der Waals surface area contributed by atoms with Crippen LogP contribution in [0.5, 0.6) is 11.5 Å². The fraction of sp³-hybridized carbons (Fsp3) is 0.320. The average Bonchev–Trinajstić information content (AvgIpc) is 3.10. The van der Waals surface area contributed by atoms with Crippen LogP contribution in [0.4, 0.5) is 0 Å². The molecule has 3 aliphatic carbocycles. The highest BCUT2D eigenvalue weighted by atomic mass is 79.9. The van der Waals surface area contributed by atoms with Crippen LogP contribution in [0, 0.1) is 23.7 Å². The summed E-state index contributed by atoms with van der Waals surface area (Å²) in [5.74, 6) is 0.336. The molecule has 0 N–H and O–H groups in total. The Morgan fingerprint density at radius 3 is 2.39 bits per heavy atom. The second-order valence-electron chi connectivity index (χ2n) is 8.49. The second-order valence-corrected chi connectivity index (χ2v) is 9.75. The maximum absolute atomic E-state index is 12.9. The Hall–Kier alpha value is -2.64. The van der Waals surface area contributed by atoms with Crippen molar-refractivity contribution in [3.8, 4) is 11.5 Å². The van der Waals surface area contributed by atoms with Crippen molar-refractivity contribution < 1.29 is 19.1 Å². The summed E-state index contributed by atoms with van der Waals surface area (Å²) in [4.78, 5) is 25.9. The SMILES string of the molecule is COc1cc(/C=N\N2C(=O)[C@H]3[C@H](C2=O)[C@@H]2C=C[C@@H]3CC2)cc(Br)c1OCc1ccccc1Cl. The first-order valence-electron chi connectivity index (χ1n) is 10.8. The number of hydrazone groups is 1. The van der Waals surface area contributed by atoms with E-state index in [1.54, 1.807) is 19.2 Å². The average molecular weight is 530 g/mol. The molecule has 1 saturated carbocycles. The van der Waals surface area contributed by atoms with Crippen LogP contribution in [0.1, 0.15) is 24.0 Å². The highest BCUT2D eigenvalue weighted by Gasteiger charge is 2.56. The normalized spacial score (nSPS) is 25.7. The van der Waals surface area contributed by atoms with Crippen LogP contribution in [0.2, 0.25) is 5.02 Å². The molecule has 1 heterocycles. The van der Waals surface area contributed by atoms with Crippen molar-refractivity contribution in [3.05, 3.63) is 69.2 Å². The molecule has 6 rings (SSSR count). The van der Waals surface area contributed by atoms with Gasteiger partial charge in [0, 0.05) is 10.6 Å². The van der Waals surface area contributed by atoms with E-state index in [2.05, 4.69) is 33.2 Å². The fourth-order valence-electron chi connectivity index (χ4n) is 5.02. The van der Waals surface area contributed by atoms with Crippen molar-refractivity contribution in [2.45, 2.75) is 19.4 Å². The van der Waals surface area contributed by atoms with Crippen molar-refractivity contribution >= 4 is 45.6 Å². The molecule has 2 aromatic rings. The number of hydrogen-bond acceptors (Lipinski definition) is 5. The molecule has 170 valence electrons. The maximum atomic E-state index is 12.9. The number of imide groups is 1. The Labute approximate surface area is 205 Å². The van der Waals surface area contributed by atoms with E-state index in [4.69, 9.17) is 21.1 Å². The minimum atomic E-state index is -0.278. The van der Waals surface area contributed by atoms with Gasteiger partial charge in [0.05, 0.1) is 29.6 Å². The number of fused-ring (bicyclic) bond motifs is 1. The Kier molecular flexibility index (Phi) is 6.01. The summed E-state index contributed by atoms with van der Waals surface area (Å²) in [5.41, 5.74) is 1.52. The van der Waals surface area contributed by atoms with E-state index in [9.17, 15) is 9.59 Å². The summed E-state index contributed by atoms with van der Waals surface area (Å²) in [6.45, 7) is 0.276. The van der Waals surface area contributed by atoms with Gasteiger partial charge >= 0.3 is 0 Å². The lowest BCUT2D eigenvalue weighted by Gasteiger charge is -2.37. The lowest BCUT2D eigenvalue weighted by Crippen LogP contribution is -2.38. The predicted octanol–water partition coefficient (Wildman–Crippen LogP) is 5.22. The van der Waals surface area contributed by atoms with Crippen molar-refractivity contribution in [2.24, 2.45) is 28.8 Å². The van der Waals surface area contributed by atoms with Gasteiger partial charge in [-0.05, 0) is 64.4 Å². The molecule has 2 amide bonds. The van der Waals surface area contributed by atoms with Gasteiger partial charge in [-0.25, -0.2) is 0 Å². The summed E-state index contributed by atoms with van der Waals surface area (Å²) in [7, 11) is 1.55. The number of nitrogens with zero attached hydrogens (tertiary/aromatic N) is 2. The molecule has 0 unspecified atom stereocenters. The van der Waals surface area contributed by atoms with E-state index in [1.807, 2.05) is 24.3 Å². The lowest BCUT2D eigenvalue weighted by molar-refractivity contribution is -0.140. The summed E-state index contributed by atoms with van der Waals surface area (Å²) < 4.78 is 12.1. The van der Waals surface area contributed by atoms with Gasteiger partial charge < -0.3 is 9.47 Å². The molecule has 2 fully saturated rings. The van der Waals surface area contributed by atoms with Gasteiger partial charge in [-0.15, -0.1) is 0 Å². The molecule has 0 radical (unpaired) electrons. The van der Waals surface area contributed by atoms with Crippen molar-refractivity contribution in [1.82, 2.24) is 5.01 Å². The molecule has 2 bridgehead atoms. The summed E-state index contributed by atoms with van der Waals surface area (Å²) >= 11 is 9.75. The zero-order chi connectivity index (χ0) is 23.1. The smallest absolute Gasteiger partial charge is 0.254 e. The van der Waals surface area contributed by atoms with Gasteiger partial charge in [0.1, 0.15) is 6.61 Å². The standard InChI is InChI=1S/C25H22BrClN2O4/c1-32-20-11-14(10-18(26)23(20)33-13-17-4-2-3-5-19(17)27)12-28-29-24(30)21-15-6-7-16(9-8-15)22(21)25(29)31/h2-7,10-12,15-16,21-22H,8-9,13H2,1H3/b28-12-/t15-,16-,21-,22-/m1/s1. The van der Waals surface area contributed by atoms with E-state index < -0.39 is 0 Å². The molecule has 1 aliphatic heterocycles. The zero-order valence-electron chi connectivity index (χ0n) is 17.9. The van der Waals surface area contributed by atoms with Crippen LogP contribution in [0.15, 0.2) is 58.1 Å². The first-order valence-corrected chi connectivity index (χ1v) is 12.0. The van der Waals surface area contributed by atoms with Crippen LogP contribution in [-0.2, 0) is 16.2 Å². The second kappa shape index (κ2) is 8.95. The van der Waals surface area contributed by atoms with Crippen LogP contribution in [-0.4, -0.2) is 30.1 Å². The molecule has 2 aromatic carbocycles. The van der Waals surface area contributed by atoms with E-state index >= 15 is 0 Å². The van der Waals surface area contributed by atoms with E-state index in [0.717, 1.165) is 23.4 Å². The van der Waals surface area contributed by atoms with Gasteiger partial charge in [0.15, 0.2) is 11.5 Å². The Balaban J connectivity index is 1.35. The molecule has 4 atom stereocenters. The van der Waals surface area contributed by atoms with Crippen LogP contribution in [0.3, 0.4) is 0 Å².